The van der Waals surface area contributed by atoms with Gasteiger partial charge in [0.05, 0.1) is 7.14 Å². The Morgan fingerprint density at radius 2 is 2.00 bits per heavy atom. The zero-order valence-electron chi connectivity index (χ0n) is 7.97. The van der Waals surface area contributed by atoms with E-state index in [4.69, 9.17) is 0 Å². The van der Waals surface area contributed by atoms with Gasteiger partial charge >= 0.3 is 0 Å². The van der Waals surface area contributed by atoms with Gasteiger partial charge in [0, 0.05) is 12.3 Å². The van der Waals surface area contributed by atoms with Crippen molar-refractivity contribution in [3.05, 3.63) is 11.1 Å². The molecule has 2 aliphatic rings. The van der Waals surface area contributed by atoms with Crippen LogP contribution in [0.4, 0.5) is 0 Å². The Bertz CT molecular complexity index is 278. The van der Waals surface area contributed by atoms with Gasteiger partial charge in [-0.05, 0) is 31.8 Å². The molecular weight excluding hydrogens is 167 g/mol. The zero-order chi connectivity index (χ0) is 8.77. The molecule has 0 fully saturated rings. The fourth-order valence-electron chi connectivity index (χ4n) is 2.50. The Morgan fingerprint density at radius 1 is 1.33 bits per heavy atom. The lowest BCUT2D eigenvalue weighted by Gasteiger charge is -2.19. The third-order valence-electron chi connectivity index (χ3n) is 3.08. The zero-order valence-corrected chi connectivity index (χ0v) is 8.86. The summed E-state index contributed by atoms with van der Waals surface area (Å²) in [7, 11) is -1.75. The molecule has 0 N–H and O–H groups in total. The fraction of sp³-hybridized carbons (Fsp3) is 0.800. The number of hydrogen-bond donors (Lipinski definition) is 0. The van der Waals surface area contributed by atoms with Gasteiger partial charge in [-0.25, -0.2) is 0 Å². The van der Waals surface area contributed by atoms with Gasteiger partial charge in [-0.2, -0.15) is 0 Å². The third-order valence-corrected chi connectivity index (χ3v) is 5.19. The Balaban J connectivity index is 2.19. The van der Waals surface area contributed by atoms with E-state index in [1.54, 1.807) is 11.1 Å². The molecule has 1 nitrogen and oxygen atoms in total. The molecule has 0 bridgehead atoms. The molecule has 12 heavy (non-hydrogen) atoms. The van der Waals surface area contributed by atoms with Gasteiger partial charge in [0.2, 0.25) is 0 Å². The minimum atomic E-state index is -1.75. The Labute approximate surface area is 74.6 Å². The predicted molar refractivity (Wildman–Crippen MR) is 53.3 cm³/mol. The lowest BCUT2D eigenvalue weighted by atomic mass is 9.86. The van der Waals surface area contributed by atoms with Crippen molar-refractivity contribution in [2.24, 2.45) is 5.92 Å². The van der Waals surface area contributed by atoms with Crippen molar-refractivity contribution in [2.45, 2.75) is 26.2 Å². The van der Waals surface area contributed by atoms with E-state index in [1.807, 2.05) is 6.66 Å². The van der Waals surface area contributed by atoms with Gasteiger partial charge in [0.25, 0.3) is 0 Å². The van der Waals surface area contributed by atoms with Crippen LogP contribution in [0, 0.1) is 5.92 Å². The van der Waals surface area contributed by atoms with Crippen LogP contribution < -0.4 is 0 Å². The van der Waals surface area contributed by atoms with Gasteiger partial charge in [-0.1, -0.05) is 18.1 Å². The standard InChI is InChI=1S/C10H17OP/c1-8-3-4-9-6-12(2,11)7-10(9)5-8/h8H,3-7H2,1-2H3. The summed E-state index contributed by atoms with van der Waals surface area (Å²) in [6.45, 7) is 4.28. The summed E-state index contributed by atoms with van der Waals surface area (Å²) < 4.78 is 11.8. The van der Waals surface area contributed by atoms with Crippen molar-refractivity contribution in [1.82, 2.24) is 0 Å². The largest absolute Gasteiger partial charge is 0.323 e. The highest BCUT2D eigenvalue weighted by atomic mass is 31.2. The van der Waals surface area contributed by atoms with E-state index in [-0.39, 0.29) is 0 Å². The molecular formula is C10H17OP. The van der Waals surface area contributed by atoms with Gasteiger partial charge < -0.3 is 4.57 Å². The minimum Gasteiger partial charge on any atom is -0.323 e. The van der Waals surface area contributed by atoms with Gasteiger partial charge in [0.1, 0.15) is 0 Å². The summed E-state index contributed by atoms with van der Waals surface area (Å²) in [5, 5.41) is 0. The molecule has 0 aromatic heterocycles. The first-order chi connectivity index (χ1) is 5.57. The number of rotatable bonds is 0. The summed E-state index contributed by atoms with van der Waals surface area (Å²) in [4.78, 5) is 0. The molecule has 0 radical (unpaired) electrons. The summed E-state index contributed by atoms with van der Waals surface area (Å²) in [5.41, 5.74) is 3.11. The first-order valence-electron chi connectivity index (χ1n) is 4.82. The third kappa shape index (κ3) is 1.52. The highest BCUT2D eigenvalue weighted by Crippen LogP contribution is 2.54. The molecule has 0 aromatic rings. The average molecular weight is 184 g/mol. The summed E-state index contributed by atoms with van der Waals surface area (Å²) in [5.74, 6) is 0.835. The second-order valence-corrected chi connectivity index (χ2v) is 7.89. The molecule has 2 unspecified atom stereocenters. The van der Waals surface area contributed by atoms with E-state index in [0.29, 0.717) is 0 Å². The van der Waals surface area contributed by atoms with E-state index < -0.39 is 7.14 Å². The van der Waals surface area contributed by atoms with Crippen molar-refractivity contribution < 1.29 is 4.57 Å². The summed E-state index contributed by atoms with van der Waals surface area (Å²) in [6, 6.07) is 0. The maximum Gasteiger partial charge on any atom is 0.0925 e. The van der Waals surface area contributed by atoms with Crippen LogP contribution in [0.2, 0.25) is 0 Å². The fourth-order valence-corrected chi connectivity index (χ4v) is 4.96. The predicted octanol–water partition coefficient (Wildman–Crippen LogP) is 3.11. The normalized spacial score (nSPS) is 41.7. The van der Waals surface area contributed by atoms with Crippen molar-refractivity contribution >= 4 is 7.14 Å². The smallest absolute Gasteiger partial charge is 0.0925 e. The van der Waals surface area contributed by atoms with Crippen LogP contribution in [0.5, 0.6) is 0 Å². The van der Waals surface area contributed by atoms with Crippen LogP contribution in [-0.4, -0.2) is 19.0 Å². The van der Waals surface area contributed by atoms with Gasteiger partial charge in [-0.3, -0.25) is 0 Å². The lowest BCUT2D eigenvalue weighted by molar-refractivity contribution is 0.500. The lowest BCUT2D eigenvalue weighted by Crippen LogP contribution is -2.05. The second-order valence-electron chi connectivity index (χ2n) is 4.67. The molecule has 1 aliphatic heterocycles. The van der Waals surface area contributed by atoms with Crippen LogP contribution in [-0.2, 0) is 4.57 Å². The second kappa shape index (κ2) is 2.73. The maximum atomic E-state index is 11.8. The van der Waals surface area contributed by atoms with Crippen molar-refractivity contribution in [2.75, 3.05) is 19.0 Å². The highest BCUT2D eigenvalue weighted by Gasteiger charge is 2.31. The Kier molecular flexibility index (Phi) is 1.95. The molecule has 68 valence electrons. The van der Waals surface area contributed by atoms with Gasteiger partial charge in [-0.15, -0.1) is 0 Å². The first-order valence-corrected chi connectivity index (χ1v) is 7.34. The highest BCUT2D eigenvalue weighted by molar-refractivity contribution is 7.64. The Morgan fingerprint density at radius 3 is 2.75 bits per heavy atom. The van der Waals surface area contributed by atoms with E-state index >= 15 is 0 Å². The maximum absolute atomic E-state index is 11.8. The first kappa shape index (κ1) is 8.56. The van der Waals surface area contributed by atoms with Crippen LogP contribution in [0.1, 0.15) is 26.2 Å². The molecule has 2 heteroatoms. The molecule has 0 amide bonds. The van der Waals surface area contributed by atoms with Crippen LogP contribution >= 0.6 is 7.14 Å². The van der Waals surface area contributed by atoms with Crippen LogP contribution in [0.25, 0.3) is 0 Å². The number of hydrogen-bond acceptors (Lipinski definition) is 1. The quantitative estimate of drug-likeness (QED) is 0.417. The average Bonchev–Trinajstić information content (AvgIpc) is 2.21. The van der Waals surface area contributed by atoms with Crippen molar-refractivity contribution in [1.29, 1.82) is 0 Å². The molecule has 2 rings (SSSR count). The molecule has 1 aliphatic carbocycles. The summed E-state index contributed by atoms with van der Waals surface area (Å²) in [6.07, 6.45) is 5.65. The van der Waals surface area contributed by atoms with Crippen molar-refractivity contribution in [3.8, 4) is 0 Å². The van der Waals surface area contributed by atoms with Crippen LogP contribution in [0.15, 0.2) is 11.1 Å². The SMILES string of the molecule is CC1CCC2=C(C1)CP(C)(=O)C2. The molecule has 0 saturated heterocycles. The molecule has 1 heterocycles. The van der Waals surface area contributed by atoms with E-state index in [2.05, 4.69) is 6.92 Å². The molecule has 0 spiro atoms. The van der Waals surface area contributed by atoms with Gasteiger partial charge in [0.15, 0.2) is 0 Å². The topological polar surface area (TPSA) is 17.1 Å². The Hall–Kier alpha value is -0.0300. The summed E-state index contributed by atoms with van der Waals surface area (Å²) >= 11 is 0. The van der Waals surface area contributed by atoms with Crippen LogP contribution in [0.3, 0.4) is 0 Å². The monoisotopic (exact) mass is 184 g/mol. The van der Waals surface area contributed by atoms with E-state index in [1.165, 1.54) is 19.3 Å². The van der Waals surface area contributed by atoms with E-state index in [9.17, 15) is 4.57 Å². The minimum absolute atomic E-state index is 0.835. The number of allylic oxidation sites excluding steroid dienone is 2. The molecule has 2 atom stereocenters. The molecule has 0 aromatic carbocycles. The van der Waals surface area contributed by atoms with E-state index in [0.717, 1.165) is 18.2 Å². The molecule has 0 saturated carbocycles. The van der Waals surface area contributed by atoms with Crippen molar-refractivity contribution in [3.63, 3.8) is 0 Å².